The van der Waals surface area contributed by atoms with E-state index in [1.54, 1.807) is 0 Å². The standard InChI is InChI=1S/C16H33N3O/c1-14(2)11-15(13-17)12-16(20)18-7-6-10-19-8-4-3-5-9-19/h14-15H,3-13,17H2,1-2H3,(H,18,20). The molecule has 118 valence electrons. The summed E-state index contributed by atoms with van der Waals surface area (Å²) in [7, 11) is 0. The Morgan fingerprint density at radius 1 is 1.25 bits per heavy atom. The number of carbonyl (C=O) groups excluding carboxylic acids is 1. The first-order chi connectivity index (χ1) is 9.61. The lowest BCUT2D eigenvalue weighted by molar-refractivity contribution is -0.122. The maximum Gasteiger partial charge on any atom is 0.220 e. The highest BCUT2D eigenvalue weighted by Crippen LogP contribution is 2.14. The second kappa shape index (κ2) is 10.2. The second-order valence-electron chi connectivity index (χ2n) is 6.54. The Balaban J connectivity index is 2.06. The number of rotatable bonds is 9. The van der Waals surface area contributed by atoms with Crippen LogP contribution in [0.25, 0.3) is 0 Å². The molecule has 0 saturated carbocycles. The number of nitrogens with two attached hydrogens (primary N) is 1. The molecule has 0 aromatic heterocycles. The Hall–Kier alpha value is -0.610. The van der Waals surface area contributed by atoms with Crippen molar-refractivity contribution in [3.63, 3.8) is 0 Å². The molecule has 0 bridgehead atoms. The van der Waals surface area contributed by atoms with Crippen LogP contribution in [0.4, 0.5) is 0 Å². The van der Waals surface area contributed by atoms with Gasteiger partial charge in [0.1, 0.15) is 0 Å². The Labute approximate surface area is 124 Å². The maximum absolute atomic E-state index is 11.9. The Kier molecular flexibility index (Phi) is 8.86. The molecule has 3 N–H and O–H groups in total. The van der Waals surface area contributed by atoms with E-state index in [-0.39, 0.29) is 5.91 Å². The van der Waals surface area contributed by atoms with Gasteiger partial charge in [0, 0.05) is 13.0 Å². The summed E-state index contributed by atoms with van der Waals surface area (Å²) in [4.78, 5) is 14.4. The van der Waals surface area contributed by atoms with Gasteiger partial charge in [-0.15, -0.1) is 0 Å². The van der Waals surface area contributed by atoms with Crippen molar-refractivity contribution in [2.45, 2.75) is 52.4 Å². The number of nitrogens with one attached hydrogen (secondary N) is 1. The molecule has 1 heterocycles. The summed E-state index contributed by atoms with van der Waals surface area (Å²) in [6.45, 7) is 9.35. The Morgan fingerprint density at radius 2 is 1.95 bits per heavy atom. The second-order valence-corrected chi connectivity index (χ2v) is 6.54. The van der Waals surface area contributed by atoms with Crippen molar-refractivity contribution < 1.29 is 4.79 Å². The fourth-order valence-corrected chi connectivity index (χ4v) is 2.98. The first-order valence-corrected chi connectivity index (χ1v) is 8.31. The van der Waals surface area contributed by atoms with E-state index in [2.05, 4.69) is 24.1 Å². The molecule has 1 amide bonds. The molecule has 1 fully saturated rings. The van der Waals surface area contributed by atoms with E-state index in [1.807, 2.05) is 0 Å². The zero-order valence-electron chi connectivity index (χ0n) is 13.4. The highest BCUT2D eigenvalue weighted by Gasteiger charge is 2.14. The lowest BCUT2D eigenvalue weighted by Gasteiger charge is -2.26. The van der Waals surface area contributed by atoms with Gasteiger partial charge in [0.25, 0.3) is 0 Å². The predicted octanol–water partition coefficient (Wildman–Crippen LogP) is 1.99. The first-order valence-electron chi connectivity index (χ1n) is 8.31. The predicted molar refractivity (Wildman–Crippen MR) is 84.5 cm³/mol. The number of carbonyl (C=O) groups is 1. The molecule has 1 saturated heterocycles. The van der Waals surface area contributed by atoms with Gasteiger partial charge in [0.2, 0.25) is 5.91 Å². The molecule has 1 aliphatic heterocycles. The van der Waals surface area contributed by atoms with Gasteiger partial charge in [0.05, 0.1) is 0 Å². The van der Waals surface area contributed by atoms with E-state index < -0.39 is 0 Å². The van der Waals surface area contributed by atoms with Crippen LogP contribution in [0, 0.1) is 11.8 Å². The molecule has 0 radical (unpaired) electrons. The topological polar surface area (TPSA) is 58.4 Å². The quantitative estimate of drug-likeness (QED) is 0.636. The van der Waals surface area contributed by atoms with E-state index in [0.29, 0.717) is 24.8 Å². The van der Waals surface area contributed by atoms with Gasteiger partial charge >= 0.3 is 0 Å². The average Bonchev–Trinajstić information content (AvgIpc) is 2.43. The molecule has 0 spiro atoms. The normalized spacial score (nSPS) is 18.2. The highest BCUT2D eigenvalue weighted by atomic mass is 16.1. The molecule has 1 rings (SSSR count). The van der Waals surface area contributed by atoms with Crippen LogP contribution in [0.5, 0.6) is 0 Å². The van der Waals surface area contributed by atoms with Crippen molar-refractivity contribution in [3.8, 4) is 0 Å². The van der Waals surface area contributed by atoms with Crippen molar-refractivity contribution in [3.05, 3.63) is 0 Å². The SMILES string of the molecule is CC(C)CC(CN)CC(=O)NCCCN1CCCCC1. The van der Waals surface area contributed by atoms with Gasteiger partial charge in [-0.25, -0.2) is 0 Å². The summed E-state index contributed by atoms with van der Waals surface area (Å²) in [5.41, 5.74) is 5.74. The maximum atomic E-state index is 11.9. The first kappa shape index (κ1) is 17.4. The van der Waals surface area contributed by atoms with Crippen molar-refractivity contribution >= 4 is 5.91 Å². The Morgan fingerprint density at radius 3 is 2.55 bits per heavy atom. The minimum atomic E-state index is 0.166. The number of amides is 1. The molecule has 1 aliphatic rings. The third-order valence-corrected chi connectivity index (χ3v) is 4.03. The molecular formula is C16H33N3O. The van der Waals surface area contributed by atoms with Crippen LogP contribution < -0.4 is 11.1 Å². The molecule has 20 heavy (non-hydrogen) atoms. The molecular weight excluding hydrogens is 250 g/mol. The zero-order chi connectivity index (χ0) is 14.8. The van der Waals surface area contributed by atoms with Crippen LogP contribution >= 0.6 is 0 Å². The van der Waals surface area contributed by atoms with Crippen molar-refractivity contribution in [1.82, 2.24) is 10.2 Å². The number of piperidine rings is 1. The third-order valence-electron chi connectivity index (χ3n) is 4.03. The number of hydrogen-bond donors (Lipinski definition) is 2. The fraction of sp³-hybridized carbons (Fsp3) is 0.938. The summed E-state index contributed by atoms with van der Waals surface area (Å²) in [6.07, 6.45) is 6.72. The highest BCUT2D eigenvalue weighted by molar-refractivity contribution is 5.76. The number of likely N-dealkylation sites (tertiary alicyclic amines) is 1. The van der Waals surface area contributed by atoms with Crippen molar-refractivity contribution in [1.29, 1.82) is 0 Å². The average molecular weight is 283 g/mol. The molecule has 0 aliphatic carbocycles. The molecule has 4 nitrogen and oxygen atoms in total. The van der Waals surface area contributed by atoms with Gasteiger partial charge in [-0.2, -0.15) is 0 Å². The molecule has 4 heteroatoms. The summed E-state index contributed by atoms with van der Waals surface area (Å²) in [5, 5.41) is 3.04. The molecule has 0 aromatic carbocycles. The van der Waals surface area contributed by atoms with Crippen LogP contribution in [-0.4, -0.2) is 43.5 Å². The minimum absolute atomic E-state index is 0.166. The number of nitrogens with zero attached hydrogens (tertiary/aromatic N) is 1. The van der Waals surface area contributed by atoms with Gasteiger partial charge in [-0.05, 0) is 63.7 Å². The molecule has 0 aromatic rings. The van der Waals surface area contributed by atoms with E-state index >= 15 is 0 Å². The van der Waals surface area contributed by atoms with E-state index in [9.17, 15) is 4.79 Å². The van der Waals surface area contributed by atoms with Crippen LogP contribution in [0.3, 0.4) is 0 Å². The minimum Gasteiger partial charge on any atom is -0.356 e. The summed E-state index contributed by atoms with van der Waals surface area (Å²) >= 11 is 0. The van der Waals surface area contributed by atoms with Crippen LogP contribution in [0.1, 0.15) is 52.4 Å². The number of hydrogen-bond acceptors (Lipinski definition) is 3. The van der Waals surface area contributed by atoms with E-state index in [1.165, 1.54) is 32.4 Å². The summed E-state index contributed by atoms with van der Waals surface area (Å²) < 4.78 is 0. The van der Waals surface area contributed by atoms with Gasteiger partial charge < -0.3 is 16.0 Å². The third kappa shape index (κ3) is 7.85. The summed E-state index contributed by atoms with van der Waals surface area (Å²) in [6, 6.07) is 0. The monoisotopic (exact) mass is 283 g/mol. The largest absolute Gasteiger partial charge is 0.356 e. The van der Waals surface area contributed by atoms with E-state index in [4.69, 9.17) is 5.73 Å². The van der Waals surface area contributed by atoms with Crippen LogP contribution in [-0.2, 0) is 4.79 Å². The Bertz CT molecular complexity index is 262. The zero-order valence-corrected chi connectivity index (χ0v) is 13.4. The van der Waals surface area contributed by atoms with Crippen molar-refractivity contribution in [2.24, 2.45) is 17.6 Å². The molecule has 1 unspecified atom stereocenters. The lowest BCUT2D eigenvalue weighted by Crippen LogP contribution is -2.34. The van der Waals surface area contributed by atoms with Crippen LogP contribution in [0.15, 0.2) is 0 Å². The summed E-state index contributed by atoms with van der Waals surface area (Å²) in [5.74, 6) is 1.10. The van der Waals surface area contributed by atoms with Crippen LogP contribution in [0.2, 0.25) is 0 Å². The lowest BCUT2D eigenvalue weighted by atomic mass is 9.94. The molecule has 1 atom stereocenters. The van der Waals surface area contributed by atoms with Gasteiger partial charge in [-0.1, -0.05) is 20.3 Å². The van der Waals surface area contributed by atoms with Crippen molar-refractivity contribution in [2.75, 3.05) is 32.7 Å². The smallest absolute Gasteiger partial charge is 0.220 e. The fourth-order valence-electron chi connectivity index (χ4n) is 2.98. The van der Waals surface area contributed by atoms with Gasteiger partial charge in [0.15, 0.2) is 0 Å². The van der Waals surface area contributed by atoms with E-state index in [0.717, 1.165) is 25.9 Å². The van der Waals surface area contributed by atoms with Gasteiger partial charge in [-0.3, -0.25) is 4.79 Å².